The van der Waals surface area contributed by atoms with Crippen LogP contribution in [0.3, 0.4) is 0 Å². The second-order valence-corrected chi connectivity index (χ2v) is 9.01. The van der Waals surface area contributed by atoms with Crippen LogP contribution >= 0.6 is 11.3 Å². The first kappa shape index (κ1) is 20.8. The van der Waals surface area contributed by atoms with Crippen molar-refractivity contribution < 1.29 is 9.53 Å². The third-order valence-electron chi connectivity index (χ3n) is 5.98. The number of hydrogen-bond acceptors (Lipinski definition) is 4. The van der Waals surface area contributed by atoms with Crippen LogP contribution in [0.5, 0.6) is 5.75 Å². The molecule has 1 aliphatic rings. The molecule has 6 heteroatoms. The molecule has 2 aromatic carbocycles. The summed E-state index contributed by atoms with van der Waals surface area (Å²) in [5.74, 6) is 0.969. The van der Waals surface area contributed by atoms with Gasteiger partial charge in [0.25, 0.3) is 5.91 Å². The number of aromatic nitrogens is 1. The van der Waals surface area contributed by atoms with Gasteiger partial charge in [-0.3, -0.25) is 9.69 Å². The SMILES string of the molecule is O=C(c1cc2sccc2n1CCOc1ccccc1)N1CCN(Cc2ccccc2)CC1. The Hall–Kier alpha value is -3.09. The second kappa shape index (κ2) is 9.59. The topological polar surface area (TPSA) is 37.7 Å². The van der Waals surface area contributed by atoms with E-state index in [1.54, 1.807) is 11.3 Å². The molecule has 3 heterocycles. The normalized spacial score (nSPS) is 14.7. The van der Waals surface area contributed by atoms with Gasteiger partial charge in [-0.15, -0.1) is 11.3 Å². The van der Waals surface area contributed by atoms with Crippen molar-refractivity contribution in [3.05, 3.63) is 89.4 Å². The molecule has 0 N–H and O–H groups in total. The standard InChI is InChI=1S/C26H27N3O2S/c30-26(28-14-12-27(13-15-28)20-21-7-3-1-4-8-21)24-19-25-23(11-18-32-25)29(24)16-17-31-22-9-5-2-6-10-22/h1-11,18-19H,12-17,20H2. The number of ether oxygens (including phenoxy) is 1. The van der Waals surface area contributed by atoms with Crippen LogP contribution in [0.4, 0.5) is 0 Å². The number of carbonyl (C=O) groups is 1. The van der Waals surface area contributed by atoms with Crippen LogP contribution in [0, 0.1) is 0 Å². The van der Waals surface area contributed by atoms with Crippen LogP contribution in [0.1, 0.15) is 16.1 Å². The molecule has 1 aliphatic heterocycles. The minimum Gasteiger partial charge on any atom is -0.492 e. The Morgan fingerprint density at radius 3 is 2.38 bits per heavy atom. The summed E-state index contributed by atoms with van der Waals surface area (Å²) in [6.07, 6.45) is 0. The number of amides is 1. The summed E-state index contributed by atoms with van der Waals surface area (Å²) in [7, 11) is 0. The lowest BCUT2D eigenvalue weighted by molar-refractivity contribution is 0.0617. The predicted molar refractivity (Wildman–Crippen MR) is 129 cm³/mol. The molecule has 4 aromatic rings. The van der Waals surface area contributed by atoms with Gasteiger partial charge in [0, 0.05) is 32.7 Å². The molecule has 32 heavy (non-hydrogen) atoms. The third kappa shape index (κ3) is 4.56. The van der Waals surface area contributed by atoms with Crippen molar-refractivity contribution in [2.75, 3.05) is 32.8 Å². The van der Waals surface area contributed by atoms with Crippen molar-refractivity contribution in [3.63, 3.8) is 0 Å². The number of fused-ring (bicyclic) bond motifs is 1. The van der Waals surface area contributed by atoms with E-state index >= 15 is 0 Å². The maximum Gasteiger partial charge on any atom is 0.270 e. The highest BCUT2D eigenvalue weighted by molar-refractivity contribution is 7.17. The fourth-order valence-electron chi connectivity index (χ4n) is 4.28. The number of thiophene rings is 1. The zero-order valence-corrected chi connectivity index (χ0v) is 18.8. The molecule has 0 atom stereocenters. The number of hydrogen-bond donors (Lipinski definition) is 0. The van der Waals surface area contributed by atoms with Gasteiger partial charge < -0.3 is 14.2 Å². The first-order chi connectivity index (χ1) is 15.8. The Morgan fingerprint density at radius 1 is 0.906 bits per heavy atom. The lowest BCUT2D eigenvalue weighted by Gasteiger charge is -2.35. The molecule has 0 saturated carbocycles. The highest BCUT2D eigenvalue weighted by atomic mass is 32.1. The van der Waals surface area contributed by atoms with E-state index in [1.807, 2.05) is 47.4 Å². The van der Waals surface area contributed by atoms with E-state index < -0.39 is 0 Å². The fourth-order valence-corrected chi connectivity index (χ4v) is 5.10. The molecule has 5 nitrogen and oxygen atoms in total. The monoisotopic (exact) mass is 445 g/mol. The lowest BCUT2D eigenvalue weighted by Crippen LogP contribution is -2.48. The molecule has 5 rings (SSSR count). The van der Waals surface area contributed by atoms with Crippen molar-refractivity contribution in [1.29, 1.82) is 0 Å². The number of benzene rings is 2. The summed E-state index contributed by atoms with van der Waals surface area (Å²) >= 11 is 1.68. The quantitative estimate of drug-likeness (QED) is 0.412. The van der Waals surface area contributed by atoms with Crippen molar-refractivity contribution in [2.24, 2.45) is 0 Å². The minimum atomic E-state index is 0.118. The van der Waals surface area contributed by atoms with Gasteiger partial charge in [0.15, 0.2) is 0 Å². The molecular weight excluding hydrogens is 418 g/mol. The van der Waals surface area contributed by atoms with Crippen molar-refractivity contribution in [2.45, 2.75) is 13.1 Å². The number of para-hydroxylation sites is 1. The molecule has 164 valence electrons. The van der Waals surface area contributed by atoms with Gasteiger partial charge in [0.2, 0.25) is 0 Å². The van der Waals surface area contributed by atoms with Crippen molar-refractivity contribution >= 4 is 27.5 Å². The van der Waals surface area contributed by atoms with Crippen LogP contribution in [0.25, 0.3) is 10.2 Å². The summed E-state index contributed by atoms with van der Waals surface area (Å²) < 4.78 is 9.17. The lowest BCUT2D eigenvalue weighted by atomic mass is 10.2. The highest BCUT2D eigenvalue weighted by Gasteiger charge is 2.25. The number of carbonyl (C=O) groups excluding carboxylic acids is 1. The Bertz CT molecular complexity index is 1160. The van der Waals surface area contributed by atoms with E-state index in [2.05, 4.69) is 45.2 Å². The Morgan fingerprint density at radius 2 is 1.62 bits per heavy atom. The first-order valence-corrected chi connectivity index (χ1v) is 12.0. The zero-order valence-electron chi connectivity index (χ0n) is 18.0. The largest absolute Gasteiger partial charge is 0.492 e. The third-order valence-corrected chi connectivity index (χ3v) is 6.83. The maximum absolute atomic E-state index is 13.4. The van der Waals surface area contributed by atoms with E-state index in [9.17, 15) is 4.79 Å². The van der Waals surface area contributed by atoms with Gasteiger partial charge in [-0.2, -0.15) is 0 Å². The summed E-state index contributed by atoms with van der Waals surface area (Å²) in [5.41, 5.74) is 3.19. The molecule has 1 amide bonds. The molecule has 0 unspecified atom stereocenters. The molecule has 0 bridgehead atoms. The van der Waals surface area contributed by atoms with Crippen molar-refractivity contribution in [3.8, 4) is 5.75 Å². The summed E-state index contributed by atoms with van der Waals surface area (Å²) in [6, 6.07) is 24.5. The van der Waals surface area contributed by atoms with E-state index in [-0.39, 0.29) is 5.91 Å². The van der Waals surface area contributed by atoms with E-state index in [0.29, 0.717) is 13.2 Å². The molecule has 0 spiro atoms. The summed E-state index contributed by atoms with van der Waals surface area (Å²) in [5, 5.41) is 2.08. The molecular formula is C26H27N3O2S. The van der Waals surface area contributed by atoms with Crippen LogP contribution in [-0.2, 0) is 13.1 Å². The van der Waals surface area contributed by atoms with Crippen LogP contribution in [-0.4, -0.2) is 53.1 Å². The van der Waals surface area contributed by atoms with E-state index in [1.165, 1.54) is 5.56 Å². The number of rotatable bonds is 7. The second-order valence-electron chi connectivity index (χ2n) is 8.07. The van der Waals surface area contributed by atoms with Gasteiger partial charge in [-0.1, -0.05) is 48.5 Å². The molecule has 2 aromatic heterocycles. The van der Waals surface area contributed by atoms with Crippen LogP contribution in [0.2, 0.25) is 0 Å². The summed E-state index contributed by atoms with van der Waals surface area (Å²) in [4.78, 5) is 17.9. The van der Waals surface area contributed by atoms with Gasteiger partial charge in [0.1, 0.15) is 18.1 Å². The van der Waals surface area contributed by atoms with Gasteiger partial charge in [-0.25, -0.2) is 0 Å². The predicted octanol–water partition coefficient (Wildman–Crippen LogP) is 4.74. The van der Waals surface area contributed by atoms with E-state index in [4.69, 9.17) is 4.74 Å². The van der Waals surface area contributed by atoms with Crippen LogP contribution in [0.15, 0.2) is 78.2 Å². The zero-order chi connectivity index (χ0) is 21.8. The maximum atomic E-state index is 13.4. The summed E-state index contributed by atoms with van der Waals surface area (Å²) in [6.45, 7) is 5.40. The minimum absolute atomic E-state index is 0.118. The molecule has 1 fully saturated rings. The number of piperazine rings is 1. The van der Waals surface area contributed by atoms with Crippen LogP contribution < -0.4 is 4.74 Å². The average molecular weight is 446 g/mol. The Labute approximate surface area is 192 Å². The van der Waals surface area contributed by atoms with Gasteiger partial charge in [0.05, 0.1) is 16.8 Å². The Kier molecular flexibility index (Phi) is 6.23. The van der Waals surface area contributed by atoms with E-state index in [0.717, 1.165) is 54.4 Å². The smallest absolute Gasteiger partial charge is 0.270 e. The van der Waals surface area contributed by atoms with Gasteiger partial charge >= 0.3 is 0 Å². The highest BCUT2D eigenvalue weighted by Crippen LogP contribution is 2.26. The fraction of sp³-hybridized carbons (Fsp3) is 0.269. The van der Waals surface area contributed by atoms with Crippen molar-refractivity contribution in [1.82, 2.24) is 14.4 Å². The number of nitrogens with zero attached hydrogens (tertiary/aromatic N) is 3. The molecule has 0 aliphatic carbocycles. The molecule has 0 radical (unpaired) electrons. The Balaban J connectivity index is 1.24. The van der Waals surface area contributed by atoms with Gasteiger partial charge in [-0.05, 0) is 35.2 Å². The average Bonchev–Trinajstić information content (AvgIpc) is 3.43. The molecule has 1 saturated heterocycles. The first-order valence-electron chi connectivity index (χ1n) is 11.1.